The van der Waals surface area contributed by atoms with Crippen LogP contribution >= 0.6 is 35.4 Å². The maximum absolute atomic E-state index is 12.8. The number of anilines is 4. The zero-order valence-electron chi connectivity index (χ0n) is 15.4. The lowest BCUT2D eigenvalue weighted by Gasteiger charge is -2.23. The Labute approximate surface area is 182 Å². The fraction of sp³-hybridized carbons (Fsp3) is 0.150. The molecule has 0 saturated carbocycles. The van der Waals surface area contributed by atoms with Crippen molar-refractivity contribution >= 4 is 63.5 Å². The number of hydrogen-bond donors (Lipinski definition) is 3. The third-order valence-corrected chi connectivity index (χ3v) is 5.46. The zero-order valence-corrected chi connectivity index (χ0v) is 17.7. The molecule has 0 fully saturated rings. The van der Waals surface area contributed by atoms with E-state index in [-0.39, 0.29) is 22.4 Å². The van der Waals surface area contributed by atoms with Gasteiger partial charge < -0.3 is 16.0 Å². The predicted molar refractivity (Wildman–Crippen MR) is 123 cm³/mol. The highest BCUT2D eigenvalue weighted by atomic mass is 35.5. The van der Waals surface area contributed by atoms with Gasteiger partial charge in [0.1, 0.15) is 16.4 Å². The molecule has 1 aliphatic rings. The third kappa shape index (κ3) is 3.81. The van der Waals surface area contributed by atoms with E-state index in [2.05, 4.69) is 28.3 Å². The monoisotopic (exact) mass is 445 g/mol. The number of rotatable bonds is 3. The normalized spacial score (nSPS) is 15.3. The van der Waals surface area contributed by atoms with Crippen LogP contribution in [0.4, 0.5) is 23.1 Å². The van der Waals surface area contributed by atoms with E-state index in [1.807, 2.05) is 23.1 Å². The molecule has 1 unspecified atom stereocenters. The number of nitrogen functional groups attached to an aromatic ring is 1. The van der Waals surface area contributed by atoms with Crippen LogP contribution in [0, 0.1) is 0 Å². The van der Waals surface area contributed by atoms with E-state index in [1.165, 1.54) is 5.56 Å². The first-order valence-corrected chi connectivity index (χ1v) is 10.0. The first-order chi connectivity index (χ1) is 13.8. The molecule has 3 aromatic rings. The van der Waals surface area contributed by atoms with Gasteiger partial charge in [-0.1, -0.05) is 53.6 Å². The first kappa shape index (κ1) is 19.7. The molecular formula is C20H17Cl2N5OS. The molecule has 1 aromatic heterocycles. The van der Waals surface area contributed by atoms with Crippen LogP contribution in [0.5, 0.6) is 0 Å². The molecule has 0 radical (unpaired) electrons. The van der Waals surface area contributed by atoms with Crippen molar-refractivity contribution in [1.29, 1.82) is 0 Å². The van der Waals surface area contributed by atoms with Crippen LogP contribution < -0.4 is 21.5 Å². The van der Waals surface area contributed by atoms with Gasteiger partial charge in [0.2, 0.25) is 5.95 Å². The van der Waals surface area contributed by atoms with E-state index in [4.69, 9.17) is 41.2 Å². The maximum Gasteiger partial charge on any atom is 0.264 e. The fourth-order valence-corrected chi connectivity index (χ4v) is 4.36. The number of aromatic nitrogens is 2. The Kier molecular flexibility index (Phi) is 5.21. The van der Waals surface area contributed by atoms with Crippen molar-refractivity contribution in [2.75, 3.05) is 16.0 Å². The lowest BCUT2D eigenvalue weighted by atomic mass is 10.1. The number of para-hydroxylation sites is 1. The molecule has 0 bridgehead atoms. The topological polar surface area (TPSA) is 87.0 Å². The summed E-state index contributed by atoms with van der Waals surface area (Å²) in [6, 6.07) is 13.0. The number of fused-ring (bicyclic) bond motifs is 1. The van der Waals surface area contributed by atoms with E-state index in [9.17, 15) is 4.79 Å². The highest BCUT2D eigenvalue weighted by Crippen LogP contribution is 2.36. The summed E-state index contributed by atoms with van der Waals surface area (Å²) in [6.45, 7) is 2.07. The largest absolute Gasteiger partial charge is 0.383 e. The second-order valence-corrected chi connectivity index (χ2v) is 8.10. The van der Waals surface area contributed by atoms with E-state index in [0.717, 1.165) is 12.1 Å². The molecule has 0 spiro atoms. The molecule has 2 aromatic carbocycles. The summed E-state index contributed by atoms with van der Waals surface area (Å²) in [4.78, 5) is 22.2. The van der Waals surface area contributed by atoms with Crippen molar-refractivity contribution in [3.63, 3.8) is 0 Å². The van der Waals surface area contributed by atoms with Crippen LogP contribution in [0.15, 0.2) is 47.3 Å². The molecule has 0 aliphatic carbocycles. The maximum atomic E-state index is 12.8. The number of thiocarbonyl (C=S) groups is 1. The summed E-state index contributed by atoms with van der Waals surface area (Å²) in [5.74, 6) is 0.438. The fourth-order valence-electron chi connectivity index (χ4n) is 3.52. The Balaban J connectivity index is 1.68. The van der Waals surface area contributed by atoms with Crippen molar-refractivity contribution in [1.82, 2.24) is 9.97 Å². The highest BCUT2D eigenvalue weighted by Gasteiger charge is 2.29. The van der Waals surface area contributed by atoms with Gasteiger partial charge in [-0.05, 0) is 43.2 Å². The van der Waals surface area contributed by atoms with Crippen LogP contribution in [0.3, 0.4) is 0 Å². The molecule has 1 atom stereocenters. The van der Waals surface area contributed by atoms with E-state index >= 15 is 0 Å². The molecule has 9 heteroatoms. The number of hydrogen-bond acceptors (Lipinski definition) is 5. The quantitative estimate of drug-likeness (QED) is 0.513. The molecule has 148 valence electrons. The number of nitrogens with two attached hydrogens (primary N) is 1. The minimum atomic E-state index is -0.422. The summed E-state index contributed by atoms with van der Waals surface area (Å²) in [5, 5.41) is 3.83. The number of benzene rings is 2. The SMILES string of the molecule is CC1Cc2ccccc2N1c1nc(N)c(C(=S)Nc2cc(Cl)cc(Cl)c2)c(=O)[nH]1. The summed E-state index contributed by atoms with van der Waals surface area (Å²) in [6.07, 6.45) is 0.858. The molecule has 4 rings (SSSR count). The molecule has 0 saturated heterocycles. The Morgan fingerprint density at radius 1 is 1.28 bits per heavy atom. The lowest BCUT2D eigenvalue weighted by molar-refractivity contribution is 0.738. The van der Waals surface area contributed by atoms with Gasteiger partial charge in [-0.25, -0.2) is 0 Å². The Morgan fingerprint density at radius 3 is 2.66 bits per heavy atom. The van der Waals surface area contributed by atoms with E-state index in [0.29, 0.717) is 21.7 Å². The van der Waals surface area contributed by atoms with Gasteiger partial charge in [-0.15, -0.1) is 0 Å². The minimum absolute atomic E-state index is 0.0472. The molecule has 0 amide bonds. The number of nitrogens with zero attached hydrogens (tertiary/aromatic N) is 2. The van der Waals surface area contributed by atoms with Gasteiger partial charge in [0.25, 0.3) is 5.56 Å². The van der Waals surface area contributed by atoms with Crippen LogP contribution in [0.1, 0.15) is 18.1 Å². The second-order valence-electron chi connectivity index (χ2n) is 6.81. The van der Waals surface area contributed by atoms with Gasteiger partial charge in [-0.2, -0.15) is 4.98 Å². The lowest BCUT2D eigenvalue weighted by Crippen LogP contribution is -2.31. The van der Waals surface area contributed by atoms with E-state index < -0.39 is 5.56 Å². The van der Waals surface area contributed by atoms with Gasteiger partial charge in [0, 0.05) is 27.5 Å². The predicted octanol–water partition coefficient (Wildman–Crippen LogP) is 4.53. The Bertz CT molecular complexity index is 1160. The first-order valence-electron chi connectivity index (χ1n) is 8.88. The number of halogens is 2. The van der Waals surface area contributed by atoms with Crippen molar-refractivity contribution in [2.24, 2.45) is 0 Å². The van der Waals surface area contributed by atoms with Crippen LogP contribution in [-0.2, 0) is 6.42 Å². The Hall–Kier alpha value is -2.61. The van der Waals surface area contributed by atoms with Crippen molar-refractivity contribution in [3.05, 3.63) is 74.0 Å². The van der Waals surface area contributed by atoms with Gasteiger partial charge in [-0.3, -0.25) is 9.78 Å². The smallest absolute Gasteiger partial charge is 0.264 e. The van der Waals surface area contributed by atoms with Gasteiger partial charge in [0.05, 0.1) is 0 Å². The van der Waals surface area contributed by atoms with Crippen molar-refractivity contribution in [2.45, 2.75) is 19.4 Å². The molecule has 29 heavy (non-hydrogen) atoms. The van der Waals surface area contributed by atoms with E-state index in [1.54, 1.807) is 18.2 Å². The van der Waals surface area contributed by atoms with Crippen molar-refractivity contribution in [3.8, 4) is 0 Å². The number of aromatic amines is 1. The average molecular weight is 446 g/mol. The molecule has 6 nitrogen and oxygen atoms in total. The summed E-state index contributed by atoms with van der Waals surface area (Å²) < 4.78 is 0. The van der Waals surface area contributed by atoms with Crippen molar-refractivity contribution < 1.29 is 0 Å². The second kappa shape index (κ2) is 7.67. The summed E-state index contributed by atoms with van der Waals surface area (Å²) >= 11 is 17.4. The summed E-state index contributed by atoms with van der Waals surface area (Å²) in [7, 11) is 0. The van der Waals surface area contributed by atoms with Crippen LogP contribution in [0.2, 0.25) is 10.0 Å². The van der Waals surface area contributed by atoms with Crippen LogP contribution in [0.25, 0.3) is 0 Å². The molecule has 4 N–H and O–H groups in total. The van der Waals surface area contributed by atoms with Crippen LogP contribution in [-0.4, -0.2) is 21.0 Å². The molecule has 2 heterocycles. The third-order valence-electron chi connectivity index (χ3n) is 4.72. The molecular weight excluding hydrogens is 429 g/mol. The minimum Gasteiger partial charge on any atom is -0.383 e. The summed E-state index contributed by atoms with van der Waals surface area (Å²) in [5.41, 5.74) is 8.56. The highest BCUT2D eigenvalue weighted by molar-refractivity contribution is 7.81. The number of H-pyrrole nitrogens is 1. The van der Waals surface area contributed by atoms with Gasteiger partial charge in [0.15, 0.2) is 0 Å². The standard InChI is InChI=1S/C20H17Cl2N5OS/c1-10-6-11-4-2-3-5-15(11)27(10)20-25-17(23)16(18(28)26-20)19(29)24-14-8-12(21)7-13(22)9-14/h2-5,7-10H,6H2,1H3,(H,24,29)(H3,23,25,26,28). The Morgan fingerprint density at radius 2 is 1.97 bits per heavy atom. The molecule has 1 aliphatic heterocycles. The zero-order chi connectivity index (χ0) is 20.7. The number of nitrogens with one attached hydrogen (secondary N) is 2. The average Bonchev–Trinajstić information content (AvgIpc) is 2.95. The van der Waals surface area contributed by atoms with Gasteiger partial charge >= 0.3 is 0 Å².